The number of Topliss-reactive ketones (excluding diaryl/α,β-unsaturated/α-hetero) is 2. The minimum absolute atomic E-state index is 0.111. The van der Waals surface area contributed by atoms with E-state index in [-0.39, 0.29) is 17.1 Å². The van der Waals surface area contributed by atoms with Gasteiger partial charge in [-0.3, -0.25) is 9.59 Å². The van der Waals surface area contributed by atoms with Crippen LogP contribution >= 0.6 is 11.3 Å². The van der Waals surface area contributed by atoms with Crippen LogP contribution in [0, 0.1) is 0 Å². The number of fused-ring (bicyclic) bond motifs is 3. The Morgan fingerprint density at radius 2 is 1.73 bits per heavy atom. The highest BCUT2D eigenvalue weighted by atomic mass is 32.1. The van der Waals surface area contributed by atoms with Gasteiger partial charge in [0.15, 0.2) is 22.4 Å². The Bertz CT molecular complexity index is 1480. The Labute approximate surface area is 174 Å². The van der Waals surface area contributed by atoms with Crippen molar-refractivity contribution >= 4 is 51.0 Å². The maximum atomic E-state index is 12.9. The second-order valence-electron chi connectivity index (χ2n) is 7.13. The first-order chi connectivity index (χ1) is 14.6. The van der Waals surface area contributed by atoms with Crippen molar-refractivity contribution in [3.8, 4) is 10.8 Å². The smallest absolute Gasteiger partial charge is 0.245 e. The number of thiazole rings is 1. The number of hydrogen-bond donors (Lipinski definition) is 0. The van der Waals surface area contributed by atoms with Gasteiger partial charge >= 0.3 is 0 Å². The van der Waals surface area contributed by atoms with Gasteiger partial charge in [-0.05, 0) is 29.0 Å². The van der Waals surface area contributed by atoms with Gasteiger partial charge in [0, 0.05) is 35.8 Å². The van der Waals surface area contributed by atoms with Crippen molar-refractivity contribution in [1.29, 1.82) is 0 Å². The van der Waals surface area contributed by atoms with Crippen molar-refractivity contribution in [2.24, 2.45) is 7.05 Å². The van der Waals surface area contributed by atoms with Crippen LogP contribution in [-0.2, 0) is 7.05 Å². The molecule has 0 radical (unpaired) electrons. The SMILES string of the molecule is Cn1c(-c2nccs2)nc2oc(C=C3C(=O)c4cc5ccccc5cc4C3=O)cc21. The maximum Gasteiger partial charge on any atom is 0.245 e. The maximum absolute atomic E-state index is 12.9. The molecule has 0 saturated carbocycles. The number of rotatable bonds is 2. The molecule has 0 atom stereocenters. The van der Waals surface area contributed by atoms with Gasteiger partial charge in [-0.1, -0.05) is 24.3 Å². The third kappa shape index (κ3) is 2.36. The van der Waals surface area contributed by atoms with E-state index in [0.29, 0.717) is 28.4 Å². The second-order valence-corrected chi connectivity index (χ2v) is 8.03. The second kappa shape index (κ2) is 6.08. The number of allylic oxidation sites excluding steroid dienone is 1. The van der Waals surface area contributed by atoms with Crippen LogP contribution in [0.4, 0.5) is 0 Å². The van der Waals surface area contributed by atoms with E-state index in [1.165, 1.54) is 17.4 Å². The summed E-state index contributed by atoms with van der Waals surface area (Å²) >= 11 is 1.50. The Kier molecular flexibility index (Phi) is 3.45. The average Bonchev–Trinajstić information content (AvgIpc) is 3.51. The third-order valence-electron chi connectivity index (χ3n) is 5.37. The summed E-state index contributed by atoms with van der Waals surface area (Å²) in [6.45, 7) is 0. The van der Waals surface area contributed by atoms with Gasteiger partial charge in [0.25, 0.3) is 0 Å². The molecule has 0 unspecified atom stereocenters. The van der Waals surface area contributed by atoms with E-state index in [9.17, 15) is 9.59 Å². The zero-order valence-corrected chi connectivity index (χ0v) is 16.6. The van der Waals surface area contributed by atoms with Crippen molar-refractivity contribution in [2.45, 2.75) is 0 Å². The first kappa shape index (κ1) is 17.1. The molecule has 0 spiro atoms. The van der Waals surface area contributed by atoms with Gasteiger partial charge in [-0.2, -0.15) is 4.98 Å². The van der Waals surface area contributed by atoms with E-state index < -0.39 is 0 Å². The molecule has 0 amide bonds. The highest BCUT2D eigenvalue weighted by Crippen LogP contribution is 2.33. The van der Waals surface area contributed by atoms with Gasteiger partial charge in [-0.15, -0.1) is 11.3 Å². The molecular weight excluding hydrogens is 398 g/mol. The molecule has 2 aromatic carbocycles. The summed E-state index contributed by atoms with van der Waals surface area (Å²) in [4.78, 5) is 34.6. The molecule has 7 heteroatoms. The fourth-order valence-electron chi connectivity index (χ4n) is 3.87. The fraction of sp³-hybridized carbons (Fsp3) is 0.0435. The van der Waals surface area contributed by atoms with Crippen LogP contribution in [0.25, 0.3) is 38.9 Å². The quantitative estimate of drug-likeness (QED) is 0.305. The Morgan fingerprint density at radius 1 is 1.03 bits per heavy atom. The van der Waals surface area contributed by atoms with E-state index in [0.717, 1.165) is 21.3 Å². The number of furan rings is 1. The molecule has 0 bridgehead atoms. The van der Waals surface area contributed by atoms with Gasteiger partial charge in [0.1, 0.15) is 11.3 Å². The molecule has 0 aliphatic heterocycles. The standard InChI is InChI=1S/C23H13N3O3S/c1-26-18-11-14(29-22(18)25-21(26)23-24-6-7-30-23)10-17-19(27)15-8-12-4-2-3-5-13(12)9-16(15)20(17)28/h2-11H,1H3. The Balaban J connectivity index is 1.43. The first-order valence-electron chi connectivity index (χ1n) is 9.30. The average molecular weight is 411 g/mol. The Morgan fingerprint density at radius 3 is 2.33 bits per heavy atom. The number of ketones is 2. The molecule has 1 aliphatic carbocycles. The van der Waals surface area contributed by atoms with Gasteiger partial charge in [-0.25, -0.2) is 4.98 Å². The van der Waals surface area contributed by atoms with E-state index in [2.05, 4.69) is 9.97 Å². The van der Waals surface area contributed by atoms with Crippen LogP contribution in [0.3, 0.4) is 0 Å². The zero-order chi connectivity index (χ0) is 20.4. The number of carbonyl (C=O) groups is 2. The van der Waals surface area contributed by atoms with Crippen LogP contribution in [0.2, 0.25) is 0 Å². The van der Waals surface area contributed by atoms with Crippen LogP contribution in [0.5, 0.6) is 0 Å². The number of aryl methyl sites for hydroxylation is 1. The zero-order valence-electron chi connectivity index (χ0n) is 15.7. The van der Waals surface area contributed by atoms with Gasteiger partial charge < -0.3 is 8.98 Å². The number of nitrogens with zero attached hydrogens (tertiary/aromatic N) is 3. The molecule has 6 nitrogen and oxygen atoms in total. The lowest BCUT2D eigenvalue weighted by Gasteiger charge is -2.00. The molecular formula is C23H13N3O3S. The molecule has 3 heterocycles. The van der Waals surface area contributed by atoms with Crippen LogP contribution in [0.1, 0.15) is 26.5 Å². The van der Waals surface area contributed by atoms with Crippen molar-refractivity contribution < 1.29 is 14.0 Å². The molecule has 3 aromatic heterocycles. The summed E-state index contributed by atoms with van der Waals surface area (Å²) < 4.78 is 7.71. The van der Waals surface area contributed by atoms with Crippen molar-refractivity contribution in [3.05, 3.63) is 76.5 Å². The molecule has 1 aliphatic rings. The number of aromatic nitrogens is 3. The van der Waals surface area contributed by atoms with Crippen LogP contribution in [0.15, 0.2) is 64.0 Å². The van der Waals surface area contributed by atoms with Gasteiger partial charge in [0.2, 0.25) is 5.71 Å². The summed E-state index contributed by atoms with van der Waals surface area (Å²) in [6, 6.07) is 13.0. The van der Waals surface area contributed by atoms with Crippen molar-refractivity contribution in [3.63, 3.8) is 0 Å². The first-order valence-corrected chi connectivity index (χ1v) is 10.2. The minimum atomic E-state index is -0.280. The fourth-order valence-corrected chi connectivity index (χ4v) is 4.53. The number of imidazole rings is 1. The highest BCUT2D eigenvalue weighted by molar-refractivity contribution is 7.13. The lowest BCUT2D eigenvalue weighted by Crippen LogP contribution is -1.99. The van der Waals surface area contributed by atoms with E-state index in [1.807, 2.05) is 41.3 Å². The summed E-state index contributed by atoms with van der Waals surface area (Å²) in [6.07, 6.45) is 3.24. The van der Waals surface area contributed by atoms with Crippen LogP contribution in [-0.4, -0.2) is 26.1 Å². The summed E-state index contributed by atoms with van der Waals surface area (Å²) in [5, 5.41) is 4.55. The van der Waals surface area contributed by atoms with Crippen molar-refractivity contribution in [2.75, 3.05) is 0 Å². The lowest BCUT2D eigenvalue weighted by molar-refractivity contribution is 0.0990. The molecule has 0 fully saturated rings. The largest absolute Gasteiger partial charge is 0.437 e. The molecule has 5 aromatic rings. The topological polar surface area (TPSA) is 78.0 Å². The number of benzene rings is 2. The molecule has 6 rings (SSSR count). The van der Waals surface area contributed by atoms with E-state index >= 15 is 0 Å². The number of hydrogen-bond acceptors (Lipinski definition) is 6. The van der Waals surface area contributed by atoms with Crippen LogP contribution < -0.4 is 0 Å². The van der Waals surface area contributed by atoms with Gasteiger partial charge in [0.05, 0.1) is 5.57 Å². The predicted molar refractivity (Wildman–Crippen MR) is 115 cm³/mol. The minimum Gasteiger partial charge on any atom is -0.437 e. The normalized spacial score (nSPS) is 13.6. The number of carbonyl (C=O) groups excluding carboxylic acids is 2. The predicted octanol–water partition coefficient (Wildman–Crippen LogP) is 4.91. The molecule has 144 valence electrons. The summed E-state index contributed by atoms with van der Waals surface area (Å²) in [5.41, 5.74) is 2.19. The molecule has 0 saturated heterocycles. The Hall–Kier alpha value is -3.84. The summed E-state index contributed by atoms with van der Waals surface area (Å²) in [7, 11) is 1.88. The third-order valence-corrected chi connectivity index (χ3v) is 6.14. The molecule has 30 heavy (non-hydrogen) atoms. The van der Waals surface area contributed by atoms with E-state index in [1.54, 1.807) is 24.4 Å². The summed E-state index contributed by atoms with van der Waals surface area (Å²) in [5.74, 6) is 0.572. The monoisotopic (exact) mass is 411 g/mol. The highest BCUT2D eigenvalue weighted by Gasteiger charge is 2.33. The van der Waals surface area contributed by atoms with Crippen molar-refractivity contribution in [1.82, 2.24) is 14.5 Å². The lowest BCUT2D eigenvalue weighted by atomic mass is 10.0. The van der Waals surface area contributed by atoms with E-state index in [4.69, 9.17) is 4.42 Å². The molecule has 0 N–H and O–H groups in total.